The molecule has 0 saturated heterocycles. The van der Waals surface area contributed by atoms with Gasteiger partial charge in [0.1, 0.15) is 23.4 Å². The van der Waals surface area contributed by atoms with Crippen LogP contribution in [0.1, 0.15) is 42.9 Å². The maximum absolute atomic E-state index is 13.8. The smallest absolute Gasteiger partial charge is 0.142 e. The fraction of sp³-hybridized carbons (Fsp3) is 0.250. The Morgan fingerprint density at radius 3 is 2.73 bits per heavy atom. The van der Waals surface area contributed by atoms with Gasteiger partial charge in [-0.05, 0) is 56.0 Å². The second-order valence-corrected chi connectivity index (χ2v) is 7.31. The molecule has 1 N–H and O–H groups in total. The zero-order chi connectivity index (χ0) is 18.4. The molecule has 1 aromatic heterocycles. The molecular weight excluding hydrogens is 376 g/mol. The Kier molecular flexibility index (Phi) is 4.41. The minimum absolute atomic E-state index is 0.0382. The Morgan fingerprint density at radius 2 is 2.00 bits per heavy atom. The van der Waals surface area contributed by atoms with Crippen LogP contribution in [-0.4, -0.2) is 10.1 Å². The Morgan fingerprint density at radius 1 is 1.23 bits per heavy atom. The highest BCUT2D eigenvalue weighted by Gasteiger charge is 2.29. The molecule has 6 heteroatoms. The van der Waals surface area contributed by atoms with Crippen molar-refractivity contribution in [3.8, 4) is 11.5 Å². The van der Waals surface area contributed by atoms with E-state index in [-0.39, 0.29) is 10.8 Å². The number of pyridine rings is 1. The predicted octanol–water partition coefficient (Wildman–Crippen LogP) is 6.40. The van der Waals surface area contributed by atoms with Crippen molar-refractivity contribution in [1.29, 1.82) is 0 Å². The van der Waals surface area contributed by atoms with Crippen LogP contribution in [0, 0.1) is 5.82 Å². The van der Waals surface area contributed by atoms with Gasteiger partial charge in [0.05, 0.1) is 16.7 Å². The second kappa shape index (κ2) is 6.60. The van der Waals surface area contributed by atoms with Crippen molar-refractivity contribution in [3.05, 3.63) is 63.5 Å². The Hall–Kier alpha value is -2.04. The van der Waals surface area contributed by atoms with Crippen molar-refractivity contribution in [2.24, 2.45) is 0 Å². The van der Waals surface area contributed by atoms with Gasteiger partial charge in [-0.3, -0.25) is 4.98 Å². The number of aromatic nitrogens is 1. The maximum Gasteiger partial charge on any atom is 0.142 e. The summed E-state index contributed by atoms with van der Waals surface area (Å²) in [4.78, 5) is 4.27. The summed E-state index contributed by atoms with van der Waals surface area (Å²) in [6, 6.07) is 8.18. The molecule has 1 aliphatic carbocycles. The van der Waals surface area contributed by atoms with Crippen LogP contribution in [-0.2, 0) is 0 Å². The first-order valence-corrected chi connectivity index (χ1v) is 9.13. The first-order chi connectivity index (χ1) is 12.5. The van der Waals surface area contributed by atoms with Crippen molar-refractivity contribution in [2.75, 3.05) is 0 Å². The third-order valence-electron chi connectivity index (χ3n) is 4.64. The molecule has 134 valence electrons. The van der Waals surface area contributed by atoms with E-state index in [1.165, 1.54) is 18.3 Å². The molecule has 1 fully saturated rings. The average molecular weight is 392 g/mol. The van der Waals surface area contributed by atoms with Gasteiger partial charge in [0.25, 0.3) is 0 Å². The SMILES string of the molecule is C[C@H](Oc1ccc2ncc(O)c(C3CC3)c2c1)c1c(Cl)ccc(F)c1Cl. The molecule has 0 amide bonds. The molecule has 0 radical (unpaired) electrons. The van der Waals surface area contributed by atoms with Crippen molar-refractivity contribution in [1.82, 2.24) is 4.98 Å². The van der Waals surface area contributed by atoms with E-state index in [0.29, 0.717) is 22.3 Å². The average Bonchev–Trinajstić information content (AvgIpc) is 3.43. The molecule has 1 saturated carbocycles. The van der Waals surface area contributed by atoms with Crippen LogP contribution in [0.2, 0.25) is 10.0 Å². The summed E-state index contributed by atoms with van der Waals surface area (Å²) in [5, 5.41) is 11.4. The van der Waals surface area contributed by atoms with Crippen LogP contribution in [0.5, 0.6) is 11.5 Å². The van der Waals surface area contributed by atoms with Gasteiger partial charge in [0, 0.05) is 21.5 Å². The molecule has 0 bridgehead atoms. The number of benzene rings is 2. The quantitative estimate of drug-likeness (QED) is 0.522. The third kappa shape index (κ3) is 3.08. The number of rotatable bonds is 4. The van der Waals surface area contributed by atoms with E-state index >= 15 is 0 Å². The zero-order valence-electron chi connectivity index (χ0n) is 14.0. The van der Waals surface area contributed by atoms with Crippen molar-refractivity contribution < 1.29 is 14.2 Å². The van der Waals surface area contributed by atoms with Gasteiger partial charge in [0.15, 0.2) is 0 Å². The number of ether oxygens (including phenoxy) is 1. The summed E-state index contributed by atoms with van der Waals surface area (Å²) in [7, 11) is 0. The standard InChI is InChI=1S/C20H16Cl2FNO2/c1-10(18-14(21)5-6-15(23)20(18)22)26-12-4-7-16-13(8-12)19(11-2-3-11)17(25)9-24-16/h4-11,25H,2-3H2,1H3/t10-/m0/s1. The molecule has 1 atom stereocenters. The highest BCUT2D eigenvalue weighted by Crippen LogP contribution is 2.47. The molecule has 4 rings (SSSR count). The van der Waals surface area contributed by atoms with E-state index in [4.69, 9.17) is 27.9 Å². The first kappa shape index (κ1) is 17.4. The van der Waals surface area contributed by atoms with Crippen LogP contribution < -0.4 is 4.74 Å². The van der Waals surface area contributed by atoms with Gasteiger partial charge in [-0.1, -0.05) is 23.2 Å². The lowest BCUT2D eigenvalue weighted by Gasteiger charge is -2.19. The number of hydrogen-bond donors (Lipinski definition) is 1. The number of halogens is 3. The highest BCUT2D eigenvalue weighted by molar-refractivity contribution is 6.36. The lowest BCUT2D eigenvalue weighted by atomic mass is 10.0. The summed E-state index contributed by atoms with van der Waals surface area (Å²) in [6.07, 6.45) is 3.06. The van der Waals surface area contributed by atoms with E-state index in [1.54, 1.807) is 13.0 Å². The van der Waals surface area contributed by atoms with Crippen molar-refractivity contribution in [3.63, 3.8) is 0 Å². The van der Waals surface area contributed by atoms with E-state index in [9.17, 15) is 9.50 Å². The minimum Gasteiger partial charge on any atom is -0.506 e. The molecule has 0 aliphatic heterocycles. The highest BCUT2D eigenvalue weighted by atomic mass is 35.5. The van der Waals surface area contributed by atoms with E-state index in [1.807, 2.05) is 12.1 Å². The normalized spacial score (nSPS) is 15.2. The molecule has 2 aromatic carbocycles. The lowest BCUT2D eigenvalue weighted by molar-refractivity contribution is 0.227. The van der Waals surface area contributed by atoms with Crippen LogP contribution in [0.3, 0.4) is 0 Å². The van der Waals surface area contributed by atoms with Gasteiger partial charge in [0.2, 0.25) is 0 Å². The van der Waals surface area contributed by atoms with Gasteiger partial charge in [-0.2, -0.15) is 0 Å². The molecule has 3 nitrogen and oxygen atoms in total. The van der Waals surface area contributed by atoms with Crippen LogP contribution in [0.15, 0.2) is 36.5 Å². The third-order valence-corrected chi connectivity index (χ3v) is 5.36. The number of hydrogen-bond acceptors (Lipinski definition) is 3. The molecule has 1 heterocycles. The minimum atomic E-state index is -0.544. The maximum atomic E-state index is 13.8. The number of fused-ring (bicyclic) bond motifs is 1. The lowest BCUT2D eigenvalue weighted by Crippen LogP contribution is -2.06. The van der Waals surface area contributed by atoms with Crippen LogP contribution in [0.25, 0.3) is 10.9 Å². The number of nitrogens with zero attached hydrogens (tertiary/aromatic N) is 1. The molecule has 3 aromatic rings. The van der Waals surface area contributed by atoms with Crippen LogP contribution >= 0.6 is 23.2 Å². The largest absolute Gasteiger partial charge is 0.506 e. The van der Waals surface area contributed by atoms with Crippen molar-refractivity contribution >= 4 is 34.1 Å². The fourth-order valence-corrected chi connectivity index (χ4v) is 3.91. The Bertz CT molecular complexity index is 1000. The Balaban J connectivity index is 1.72. The van der Waals surface area contributed by atoms with Gasteiger partial charge in [-0.25, -0.2) is 4.39 Å². The molecule has 1 aliphatic rings. The summed E-state index contributed by atoms with van der Waals surface area (Å²) in [5.41, 5.74) is 2.12. The molecular formula is C20H16Cl2FNO2. The van der Waals surface area contributed by atoms with E-state index in [0.717, 1.165) is 29.3 Å². The fourth-order valence-electron chi connectivity index (χ4n) is 3.23. The first-order valence-electron chi connectivity index (χ1n) is 8.37. The van der Waals surface area contributed by atoms with Crippen molar-refractivity contribution in [2.45, 2.75) is 31.8 Å². The van der Waals surface area contributed by atoms with Gasteiger partial charge in [-0.15, -0.1) is 0 Å². The topological polar surface area (TPSA) is 42.4 Å². The molecule has 0 unspecified atom stereocenters. The second-order valence-electron chi connectivity index (χ2n) is 6.53. The van der Waals surface area contributed by atoms with E-state index in [2.05, 4.69) is 4.98 Å². The zero-order valence-corrected chi connectivity index (χ0v) is 15.5. The number of aromatic hydroxyl groups is 1. The predicted molar refractivity (Wildman–Crippen MR) is 101 cm³/mol. The Labute approximate surface area is 160 Å². The summed E-state index contributed by atoms with van der Waals surface area (Å²) in [6.45, 7) is 1.76. The summed E-state index contributed by atoms with van der Waals surface area (Å²) < 4.78 is 19.8. The van der Waals surface area contributed by atoms with Gasteiger partial charge >= 0.3 is 0 Å². The monoisotopic (exact) mass is 391 g/mol. The van der Waals surface area contributed by atoms with Crippen LogP contribution in [0.4, 0.5) is 4.39 Å². The van der Waals surface area contributed by atoms with Gasteiger partial charge < -0.3 is 9.84 Å². The summed E-state index contributed by atoms with van der Waals surface area (Å²) in [5.74, 6) is 0.613. The molecule has 0 spiro atoms. The molecule has 26 heavy (non-hydrogen) atoms. The van der Waals surface area contributed by atoms with E-state index < -0.39 is 11.9 Å². The summed E-state index contributed by atoms with van der Waals surface area (Å²) >= 11 is 12.2.